The number of nitrogens with zero attached hydrogens (tertiary/aromatic N) is 3. The molecule has 6 nitrogen and oxygen atoms in total. The van der Waals surface area contributed by atoms with Crippen molar-refractivity contribution in [1.29, 1.82) is 0 Å². The van der Waals surface area contributed by atoms with E-state index in [2.05, 4.69) is 15.6 Å². The molecule has 0 saturated heterocycles. The van der Waals surface area contributed by atoms with E-state index in [0.717, 1.165) is 11.1 Å². The van der Waals surface area contributed by atoms with Crippen molar-refractivity contribution in [2.75, 3.05) is 5.32 Å². The van der Waals surface area contributed by atoms with E-state index >= 15 is 0 Å². The van der Waals surface area contributed by atoms with Crippen LogP contribution in [0, 0.1) is 0 Å². The van der Waals surface area contributed by atoms with Gasteiger partial charge in [0, 0.05) is 0 Å². The van der Waals surface area contributed by atoms with Crippen LogP contribution in [-0.4, -0.2) is 20.9 Å². The topological polar surface area (TPSA) is 73.0 Å². The van der Waals surface area contributed by atoms with Gasteiger partial charge in [0.1, 0.15) is 5.52 Å². The number of carbonyl (C=O) groups is 1. The Bertz CT molecular complexity index is 975. The molecule has 4 rings (SSSR count). The Labute approximate surface area is 137 Å². The van der Waals surface area contributed by atoms with Crippen LogP contribution in [0.2, 0.25) is 0 Å². The molecule has 2 aromatic carbocycles. The van der Waals surface area contributed by atoms with E-state index in [9.17, 15) is 4.79 Å². The monoisotopic (exact) mass is 318 g/mol. The normalized spacial score (nSPS) is 10.8. The minimum atomic E-state index is -0.315. The molecule has 2 heterocycles. The third-order valence-electron chi connectivity index (χ3n) is 3.71. The predicted molar refractivity (Wildman–Crippen MR) is 89.7 cm³/mol. The molecule has 118 valence electrons. The zero-order valence-electron chi connectivity index (χ0n) is 12.7. The Morgan fingerprint density at radius 2 is 1.92 bits per heavy atom. The number of fused-ring (bicyclic) bond motifs is 1. The second-order valence-corrected chi connectivity index (χ2v) is 5.34. The van der Waals surface area contributed by atoms with E-state index in [4.69, 9.17) is 4.42 Å². The summed E-state index contributed by atoms with van der Waals surface area (Å²) in [4.78, 5) is 12.2. The Kier molecular flexibility index (Phi) is 3.55. The van der Waals surface area contributed by atoms with Crippen LogP contribution in [0.15, 0.2) is 71.3 Å². The van der Waals surface area contributed by atoms with Gasteiger partial charge in [-0.1, -0.05) is 41.6 Å². The summed E-state index contributed by atoms with van der Waals surface area (Å²) in [5, 5.41) is 11.2. The molecule has 2 aromatic heterocycles. The van der Waals surface area contributed by atoms with Crippen LogP contribution in [0.1, 0.15) is 16.1 Å². The molecule has 0 spiro atoms. The van der Waals surface area contributed by atoms with Gasteiger partial charge in [0.05, 0.1) is 24.0 Å². The molecule has 6 heteroatoms. The molecule has 0 radical (unpaired) electrons. The van der Waals surface area contributed by atoms with Gasteiger partial charge in [0.2, 0.25) is 0 Å². The molecule has 0 unspecified atom stereocenters. The largest absolute Gasteiger partial charge is 0.459 e. The zero-order valence-corrected chi connectivity index (χ0v) is 12.7. The first kappa shape index (κ1) is 14.2. The highest BCUT2D eigenvalue weighted by Crippen LogP contribution is 2.22. The van der Waals surface area contributed by atoms with Crippen molar-refractivity contribution in [3.63, 3.8) is 0 Å². The molecule has 0 aliphatic heterocycles. The van der Waals surface area contributed by atoms with Gasteiger partial charge in [-0.15, -0.1) is 5.10 Å². The molecule has 0 fully saturated rings. The molecule has 0 aliphatic carbocycles. The van der Waals surface area contributed by atoms with Crippen molar-refractivity contribution in [2.24, 2.45) is 0 Å². The Morgan fingerprint density at radius 3 is 2.71 bits per heavy atom. The molecule has 24 heavy (non-hydrogen) atoms. The summed E-state index contributed by atoms with van der Waals surface area (Å²) < 4.78 is 6.92. The number of benzene rings is 2. The number of amides is 1. The first-order valence-electron chi connectivity index (χ1n) is 7.52. The number of hydrogen-bond acceptors (Lipinski definition) is 4. The van der Waals surface area contributed by atoms with E-state index in [-0.39, 0.29) is 11.7 Å². The van der Waals surface area contributed by atoms with E-state index in [1.807, 2.05) is 47.1 Å². The Morgan fingerprint density at radius 1 is 1.04 bits per heavy atom. The lowest BCUT2D eigenvalue weighted by Gasteiger charge is -2.05. The minimum Gasteiger partial charge on any atom is -0.459 e. The summed E-state index contributed by atoms with van der Waals surface area (Å²) in [6.45, 7) is 0.618. The maximum absolute atomic E-state index is 12.2. The van der Waals surface area contributed by atoms with Crippen LogP contribution < -0.4 is 5.32 Å². The quantitative estimate of drug-likeness (QED) is 0.626. The summed E-state index contributed by atoms with van der Waals surface area (Å²) in [5.41, 5.74) is 3.24. The lowest BCUT2D eigenvalue weighted by molar-refractivity contribution is 0.0997. The third kappa shape index (κ3) is 2.65. The van der Waals surface area contributed by atoms with Crippen LogP contribution >= 0.6 is 0 Å². The van der Waals surface area contributed by atoms with Crippen LogP contribution in [0.25, 0.3) is 11.0 Å². The first-order chi connectivity index (χ1) is 11.8. The van der Waals surface area contributed by atoms with Gasteiger partial charge in [-0.25, -0.2) is 4.68 Å². The fraction of sp³-hybridized carbons (Fsp3) is 0.0556. The molecule has 4 aromatic rings. The van der Waals surface area contributed by atoms with Crippen LogP contribution in [0.5, 0.6) is 0 Å². The number of furan rings is 1. The fourth-order valence-electron chi connectivity index (χ4n) is 2.56. The molecular weight excluding hydrogens is 304 g/mol. The van der Waals surface area contributed by atoms with Gasteiger partial charge >= 0.3 is 0 Å². The molecule has 0 bridgehead atoms. The second kappa shape index (κ2) is 6.00. The number of hydrogen-bond donors (Lipinski definition) is 1. The van der Waals surface area contributed by atoms with Gasteiger partial charge in [0.15, 0.2) is 5.76 Å². The number of carbonyl (C=O) groups excluding carboxylic acids is 1. The lowest BCUT2D eigenvalue weighted by Crippen LogP contribution is -2.11. The SMILES string of the molecule is O=C(Nc1cccc2c1nnn2Cc1ccccc1)c1ccco1. The van der Waals surface area contributed by atoms with Crippen molar-refractivity contribution in [3.05, 3.63) is 78.3 Å². The average molecular weight is 318 g/mol. The fourth-order valence-corrected chi connectivity index (χ4v) is 2.56. The lowest BCUT2D eigenvalue weighted by atomic mass is 10.2. The van der Waals surface area contributed by atoms with Gasteiger partial charge < -0.3 is 9.73 Å². The molecule has 0 saturated carbocycles. The molecule has 1 N–H and O–H groups in total. The minimum absolute atomic E-state index is 0.253. The Balaban J connectivity index is 1.65. The maximum Gasteiger partial charge on any atom is 0.291 e. The molecular formula is C18H14N4O2. The van der Waals surface area contributed by atoms with Crippen LogP contribution in [0.3, 0.4) is 0 Å². The van der Waals surface area contributed by atoms with Crippen molar-refractivity contribution in [2.45, 2.75) is 6.54 Å². The molecule has 0 aliphatic rings. The average Bonchev–Trinajstić information content (AvgIpc) is 3.27. The first-order valence-corrected chi connectivity index (χ1v) is 7.52. The highest BCUT2D eigenvalue weighted by molar-refractivity contribution is 6.06. The van der Waals surface area contributed by atoms with Crippen LogP contribution in [-0.2, 0) is 6.54 Å². The molecule has 0 atom stereocenters. The van der Waals surface area contributed by atoms with Crippen molar-refractivity contribution in [1.82, 2.24) is 15.0 Å². The standard InChI is InChI=1S/C18H14N4O2/c23-18(16-10-5-11-24-16)19-14-8-4-9-15-17(14)20-21-22(15)12-13-6-2-1-3-7-13/h1-11H,12H2,(H,19,23). The van der Waals surface area contributed by atoms with E-state index in [1.54, 1.807) is 18.2 Å². The molecule has 1 amide bonds. The summed E-state index contributed by atoms with van der Waals surface area (Å²) in [6.07, 6.45) is 1.46. The number of aromatic nitrogens is 3. The van der Waals surface area contributed by atoms with E-state index in [0.29, 0.717) is 17.7 Å². The predicted octanol–water partition coefficient (Wildman–Crippen LogP) is 3.32. The van der Waals surface area contributed by atoms with Crippen molar-refractivity contribution >= 4 is 22.6 Å². The number of rotatable bonds is 4. The number of anilines is 1. The van der Waals surface area contributed by atoms with E-state index in [1.165, 1.54) is 6.26 Å². The van der Waals surface area contributed by atoms with Gasteiger partial charge in [0.25, 0.3) is 5.91 Å². The van der Waals surface area contributed by atoms with Crippen molar-refractivity contribution in [3.8, 4) is 0 Å². The van der Waals surface area contributed by atoms with Crippen LogP contribution in [0.4, 0.5) is 5.69 Å². The smallest absolute Gasteiger partial charge is 0.291 e. The third-order valence-corrected chi connectivity index (χ3v) is 3.71. The Hall–Kier alpha value is -3.41. The van der Waals surface area contributed by atoms with Crippen molar-refractivity contribution < 1.29 is 9.21 Å². The van der Waals surface area contributed by atoms with Gasteiger partial charge in [-0.05, 0) is 29.8 Å². The summed E-state index contributed by atoms with van der Waals surface area (Å²) in [6, 6.07) is 18.9. The zero-order chi connectivity index (χ0) is 16.4. The summed E-state index contributed by atoms with van der Waals surface area (Å²) >= 11 is 0. The van der Waals surface area contributed by atoms with E-state index < -0.39 is 0 Å². The highest BCUT2D eigenvalue weighted by atomic mass is 16.3. The summed E-state index contributed by atoms with van der Waals surface area (Å²) in [7, 11) is 0. The summed E-state index contributed by atoms with van der Waals surface area (Å²) in [5.74, 6) is -0.0613. The number of nitrogens with one attached hydrogen (secondary N) is 1. The van der Waals surface area contributed by atoms with Gasteiger partial charge in [-0.2, -0.15) is 0 Å². The maximum atomic E-state index is 12.2. The van der Waals surface area contributed by atoms with Gasteiger partial charge in [-0.3, -0.25) is 4.79 Å². The highest BCUT2D eigenvalue weighted by Gasteiger charge is 2.14. The second-order valence-electron chi connectivity index (χ2n) is 5.34.